The van der Waals surface area contributed by atoms with Crippen LogP contribution in [-0.2, 0) is 0 Å². The number of halogens is 1. The van der Waals surface area contributed by atoms with Crippen molar-refractivity contribution in [1.82, 2.24) is 0 Å². The average molecular weight is 336 g/mol. The molecular weight excluding hydrogens is 298 g/mol. The molecule has 4 heteroatoms. The van der Waals surface area contributed by atoms with Crippen molar-refractivity contribution in [3.8, 4) is 0 Å². The van der Waals surface area contributed by atoms with E-state index in [4.69, 9.17) is 17.3 Å². The third-order valence-electron chi connectivity index (χ3n) is 4.74. The smallest absolute Gasteiger partial charge is 0.148 e. The van der Waals surface area contributed by atoms with E-state index in [0.29, 0.717) is 12.3 Å². The van der Waals surface area contributed by atoms with E-state index in [9.17, 15) is 10.2 Å². The second-order valence-electron chi connectivity index (χ2n) is 7.73. The summed E-state index contributed by atoms with van der Waals surface area (Å²) < 4.78 is 0. The molecule has 0 saturated carbocycles. The van der Waals surface area contributed by atoms with Crippen LogP contribution < -0.4 is 5.73 Å². The van der Waals surface area contributed by atoms with Crippen LogP contribution in [0.15, 0.2) is 0 Å². The Hall–Kier alpha value is 0.170. The standard InChI is InChI=1S/C18H38ClNO2/c1-14(2)7-5-8-15(3)9-6-10-16(4)11-12-18(20,13-21)17(19)22/h14-17,21-22H,5-13,20H2,1-4H3. The minimum atomic E-state index is -1.19. The molecular formula is C18H38ClNO2. The van der Waals surface area contributed by atoms with Gasteiger partial charge in [0.05, 0.1) is 12.1 Å². The molecule has 0 amide bonds. The van der Waals surface area contributed by atoms with E-state index in [-0.39, 0.29) is 6.61 Å². The first-order chi connectivity index (χ1) is 10.2. The van der Waals surface area contributed by atoms with E-state index >= 15 is 0 Å². The lowest BCUT2D eigenvalue weighted by molar-refractivity contribution is 0.0835. The van der Waals surface area contributed by atoms with Crippen LogP contribution in [0.3, 0.4) is 0 Å². The zero-order chi connectivity index (χ0) is 17.2. The lowest BCUT2D eigenvalue weighted by Gasteiger charge is -2.29. The van der Waals surface area contributed by atoms with Crippen molar-refractivity contribution in [3.05, 3.63) is 0 Å². The maximum atomic E-state index is 9.43. The molecule has 3 nitrogen and oxygen atoms in total. The van der Waals surface area contributed by atoms with Gasteiger partial charge in [-0.3, -0.25) is 0 Å². The maximum Gasteiger partial charge on any atom is 0.148 e. The molecule has 4 N–H and O–H groups in total. The summed E-state index contributed by atoms with van der Waals surface area (Å²) in [5.41, 5.74) is 3.65. The Kier molecular flexibility index (Phi) is 11.8. The fraction of sp³-hybridized carbons (Fsp3) is 1.00. The third-order valence-corrected chi connectivity index (χ3v) is 5.18. The number of hydrogen-bond acceptors (Lipinski definition) is 3. The molecule has 0 aromatic carbocycles. The van der Waals surface area contributed by atoms with Gasteiger partial charge in [0.2, 0.25) is 0 Å². The number of hydrogen-bond donors (Lipinski definition) is 3. The predicted molar refractivity (Wildman–Crippen MR) is 96.0 cm³/mol. The quantitative estimate of drug-likeness (QED) is 0.440. The highest BCUT2D eigenvalue weighted by Gasteiger charge is 2.31. The number of aliphatic hydroxyl groups excluding tert-OH is 2. The maximum absolute atomic E-state index is 9.43. The van der Waals surface area contributed by atoms with Crippen LogP contribution in [0.1, 0.15) is 79.1 Å². The molecule has 0 radical (unpaired) electrons. The Morgan fingerprint density at radius 2 is 1.36 bits per heavy atom. The van der Waals surface area contributed by atoms with Crippen molar-refractivity contribution < 1.29 is 10.2 Å². The SMILES string of the molecule is CC(C)CCCC(C)CCCC(C)CCC(N)(CO)C(O)Cl. The molecule has 0 rings (SSSR count). The van der Waals surface area contributed by atoms with Crippen molar-refractivity contribution >= 4 is 11.6 Å². The van der Waals surface area contributed by atoms with Gasteiger partial charge in [-0.05, 0) is 30.6 Å². The number of aliphatic hydroxyl groups is 2. The summed E-state index contributed by atoms with van der Waals surface area (Å²) in [7, 11) is 0. The molecule has 0 aliphatic carbocycles. The molecule has 0 fully saturated rings. The van der Waals surface area contributed by atoms with Gasteiger partial charge in [-0.25, -0.2) is 0 Å². The van der Waals surface area contributed by atoms with Crippen molar-refractivity contribution in [3.63, 3.8) is 0 Å². The van der Waals surface area contributed by atoms with Crippen molar-refractivity contribution in [1.29, 1.82) is 0 Å². The van der Waals surface area contributed by atoms with Crippen LogP contribution in [0.2, 0.25) is 0 Å². The van der Waals surface area contributed by atoms with Crippen LogP contribution >= 0.6 is 11.6 Å². The zero-order valence-electron chi connectivity index (χ0n) is 15.0. The zero-order valence-corrected chi connectivity index (χ0v) is 15.8. The van der Waals surface area contributed by atoms with Gasteiger partial charge in [0.15, 0.2) is 0 Å². The molecule has 0 spiro atoms. The Morgan fingerprint density at radius 3 is 1.77 bits per heavy atom. The second kappa shape index (κ2) is 11.7. The molecule has 0 aromatic heterocycles. The van der Waals surface area contributed by atoms with E-state index in [1.165, 1.54) is 38.5 Å². The first-order valence-corrected chi connectivity index (χ1v) is 9.36. The predicted octanol–water partition coefficient (Wildman–Crippen LogP) is 4.28. The summed E-state index contributed by atoms with van der Waals surface area (Å²) in [5.74, 6) is 2.17. The molecule has 0 aromatic rings. The first-order valence-electron chi connectivity index (χ1n) is 8.93. The lowest BCUT2D eigenvalue weighted by atomic mass is 9.88. The first kappa shape index (κ1) is 22.2. The molecule has 0 aliphatic rings. The van der Waals surface area contributed by atoms with Crippen LogP contribution in [-0.4, -0.2) is 27.9 Å². The highest BCUT2D eigenvalue weighted by Crippen LogP contribution is 2.24. The van der Waals surface area contributed by atoms with Gasteiger partial charge in [0, 0.05) is 0 Å². The topological polar surface area (TPSA) is 66.5 Å². The lowest BCUT2D eigenvalue weighted by Crippen LogP contribution is -2.51. The molecule has 0 aliphatic heterocycles. The minimum Gasteiger partial charge on any atom is -0.394 e. The molecule has 134 valence electrons. The molecule has 0 bridgehead atoms. The van der Waals surface area contributed by atoms with E-state index in [1.807, 2.05) is 0 Å². The van der Waals surface area contributed by atoms with Gasteiger partial charge in [-0.1, -0.05) is 77.8 Å². The largest absolute Gasteiger partial charge is 0.394 e. The van der Waals surface area contributed by atoms with E-state index in [1.54, 1.807) is 0 Å². The monoisotopic (exact) mass is 335 g/mol. The molecule has 0 heterocycles. The van der Waals surface area contributed by atoms with Gasteiger partial charge in [-0.2, -0.15) is 0 Å². The number of alkyl halides is 1. The van der Waals surface area contributed by atoms with Crippen LogP contribution in [0, 0.1) is 17.8 Å². The number of rotatable bonds is 13. The second-order valence-corrected chi connectivity index (χ2v) is 8.15. The molecule has 0 saturated heterocycles. The van der Waals surface area contributed by atoms with E-state index < -0.39 is 11.1 Å². The summed E-state index contributed by atoms with van der Waals surface area (Å²) in [5, 5.41) is 18.7. The van der Waals surface area contributed by atoms with Gasteiger partial charge in [0.25, 0.3) is 0 Å². The molecule has 4 atom stereocenters. The van der Waals surface area contributed by atoms with Crippen molar-refractivity contribution in [2.24, 2.45) is 23.5 Å². The number of nitrogens with two attached hydrogens (primary N) is 1. The fourth-order valence-electron chi connectivity index (χ4n) is 2.77. The van der Waals surface area contributed by atoms with Crippen LogP contribution in [0.5, 0.6) is 0 Å². The van der Waals surface area contributed by atoms with Gasteiger partial charge in [0.1, 0.15) is 5.56 Å². The highest BCUT2D eigenvalue weighted by molar-refractivity contribution is 6.20. The Morgan fingerprint density at radius 1 is 0.909 bits per heavy atom. The average Bonchev–Trinajstić information content (AvgIpc) is 2.44. The van der Waals surface area contributed by atoms with Gasteiger partial charge < -0.3 is 15.9 Å². The van der Waals surface area contributed by atoms with Gasteiger partial charge in [-0.15, -0.1) is 0 Å². The van der Waals surface area contributed by atoms with E-state index in [0.717, 1.165) is 18.3 Å². The normalized spacial score (nSPS) is 19.0. The summed E-state index contributed by atoms with van der Waals surface area (Å²) in [4.78, 5) is 0. The third kappa shape index (κ3) is 10.0. The van der Waals surface area contributed by atoms with Crippen LogP contribution in [0.25, 0.3) is 0 Å². The highest BCUT2D eigenvalue weighted by atomic mass is 35.5. The van der Waals surface area contributed by atoms with Crippen molar-refractivity contribution in [2.45, 2.75) is 90.2 Å². The molecule has 22 heavy (non-hydrogen) atoms. The van der Waals surface area contributed by atoms with Gasteiger partial charge >= 0.3 is 0 Å². The summed E-state index contributed by atoms with van der Waals surface area (Å²) in [6, 6.07) is 0. The Labute approximate surface area is 142 Å². The van der Waals surface area contributed by atoms with Crippen molar-refractivity contribution in [2.75, 3.05) is 6.61 Å². The minimum absolute atomic E-state index is 0.280. The van der Waals surface area contributed by atoms with Crippen LogP contribution in [0.4, 0.5) is 0 Å². The Balaban J connectivity index is 3.79. The summed E-state index contributed by atoms with van der Waals surface area (Å²) in [6.45, 7) is 8.85. The summed E-state index contributed by atoms with van der Waals surface area (Å²) in [6.07, 6.45) is 9.16. The summed E-state index contributed by atoms with van der Waals surface area (Å²) >= 11 is 5.66. The Bertz CT molecular complexity index is 274. The molecule has 4 unspecified atom stereocenters. The van der Waals surface area contributed by atoms with E-state index in [2.05, 4.69) is 27.7 Å². The fourth-order valence-corrected chi connectivity index (χ4v) is 2.94.